The number of hydrogen-bond donors (Lipinski definition) is 2. The van der Waals surface area contributed by atoms with Crippen molar-refractivity contribution in [2.24, 2.45) is 29.6 Å². The van der Waals surface area contributed by atoms with E-state index >= 15 is 0 Å². The number of allylic oxidation sites excluding steroid dienone is 3. The Morgan fingerprint density at radius 2 is 1.61 bits per heavy atom. The first-order valence-electron chi connectivity index (χ1n) is 24.4. The highest BCUT2D eigenvalue weighted by atomic mass is 16.7. The summed E-state index contributed by atoms with van der Waals surface area (Å²) in [5.41, 5.74) is 1.79. The van der Waals surface area contributed by atoms with Gasteiger partial charge in [-0.1, -0.05) is 69.7 Å². The molecular formula is C53H79NO12. The Morgan fingerprint density at radius 1 is 0.909 bits per heavy atom. The summed E-state index contributed by atoms with van der Waals surface area (Å²) in [4.78, 5) is 58.4. The maximum absolute atomic E-state index is 14.5. The second-order valence-electron chi connectivity index (χ2n) is 19.9. The van der Waals surface area contributed by atoms with E-state index in [1.165, 1.54) is 4.90 Å². The summed E-state index contributed by atoms with van der Waals surface area (Å²) in [7, 11) is 6.35. The molecule has 13 nitrogen and oxygen atoms in total. The zero-order valence-electron chi connectivity index (χ0n) is 41.3. The van der Waals surface area contributed by atoms with Crippen molar-refractivity contribution in [1.29, 1.82) is 0 Å². The third kappa shape index (κ3) is 12.9. The normalized spacial score (nSPS) is 37.1. The second kappa shape index (κ2) is 24.0. The lowest BCUT2D eigenvalue weighted by atomic mass is 9.74. The highest BCUT2D eigenvalue weighted by Crippen LogP contribution is 2.41. The maximum Gasteiger partial charge on any atom is 0.329 e. The van der Waals surface area contributed by atoms with E-state index in [1.807, 2.05) is 64.1 Å². The van der Waals surface area contributed by atoms with Gasteiger partial charge >= 0.3 is 5.97 Å². The van der Waals surface area contributed by atoms with Gasteiger partial charge in [-0.15, -0.1) is 0 Å². The van der Waals surface area contributed by atoms with Crippen molar-refractivity contribution in [3.05, 3.63) is 59.2 Å². The Hall–Kier alpha value is -3.72. The van der Waals surface area contributed by atoms with Gasteiger partial charge in [0, 0.05) is 46.1 Å². The predicted molar refractivity (Wildman–Crippen MR) is 252 cm³/mol. The molecule has 3 fully saturated rings. The minimum absolute atomic E-state index is 0.00119. The molecule has 13 unspecified atom stereocenters. The number of ketones is 2. The Morgan fingerprint density at radius 3 is 2.26 bits per heavy atom. The van der Waals surface area contributed by atoms with Crippen LogP contribution in [-0.2, 0) is 42.9 Å². The molecule has 0 spiro atoms. The molecule has 2 saturated heterocycles. The largest absolute Gasteiger partial charge is 0.497 e. The molecule has 13 atom stereocenters. The number of cyclic esters (lactones) is 1. The monoisotopic (exact) mass is 922 g/mol. The minimum Gasteiger partial charge on any atom is -0.497 e. The number of amides is 1. The van der Waals surface area contributed by atoms with E-state index in [4.69, 9.17) is 28.4 Å². The molecule has 1 amide bonds. The van der Waals surface area contributed by atoms with Gasteiger partial charge in [-0.25, -0.2) is 4.79 Å². The molecule has 5 rings (SSSR count). The smallest absolute Gasteiger partial charge is 0.329 e. The predicted octanol–water partition coefficient (Wildman–Crippen LogP) is 7.98. The molecule has 0 radical (unpaired) electrons. The Labute approximate surface area is 393 Å². The standard InChI is InChI=1S/C53H79NO12/c1-11-40-28-33(2)27-34(3)29-44(62-8)48-45(63-9)31-37(6)53(60,66-48)49(56)50(57)54-26-13-12-16-42(54)51(58)65-47(35(4)17-22-43(40)55)36(5)30-39-23-25-52(59,46(32-39)64-10)24-14-15-38-18-20-41(61-7)21-19-38/h14-15,18-21,28,30,34-35,37,39-40,42,44-48,59-60H,11-13,16-17,22-27,29,31-32H2,1-10H3/b15-14?,33-28+,36-30?. The fourth-order valence-corrected chi connectivity index (χ4v) is 10.9. The van der Waals surface area contributed by atoms with Crippen LogP contribution >= 0.6 is 0 Å². The molecule has 2 bridgehead atoms. The number of carbonyl (C=O) groups excluding carboxylic acids is 4. The fourth-order valence-electron chi connectivity index (χ4n) is 10.9. The summed E-state index contributed by atoms with van der Waals surface area (Å²) in [5.74, 6) is -5.66. The van der Waals surface area contributed by atoms with E-state index in [0.717, 1.165) is 22.5 Å². The number of benzene rings is 1. The number of rotatable bonds is 10. The van der Waals surface area contributed by atoms with Crippen LogP contribution in [0.3, 0.4) is 0 Å². The fraction of sp³-hybridized carbons (Fsp3) is 0.698. The van der Waals surface area contributed by atoms with Crippen molar-refractivity contribution in [2.75, 3.05) is 35.0 Å². The van der Waals surface area contributed by atoms with Crippen molar-refractivity contribution in [1.82, 2.24) is 4.90 Å². The highest BCUT2D eigenvalue weighted by Gasteiger charge is 2.56. The van der Waals surface area contributed by atoms with Crippen LogP contribution in [0.1, 0.15) is 131 Å². The number of piperidine rings is 1. The zero-order valence-corrected chi connectivity index (χ0v) is 41.3. The van der Waals surface area contributed by atoms with Crippen LogP contribution in [0.15, 0.2) is 53.6 Å². The number of hydrogen-bond acceptors (Lipinski definition) is 12. The molecule has 4 aliphatic rings. The quantitative estimate of drug-likeness (QED) is 0.132. The number of ether oxygens (including phenoxy) is 6. The van der Waals surface area contributed by atoms with E-state index in [-0.39, 0.29) is 55.3 Å². The summed E-state index contributed by atoms with van der Waals surface area (Å²) in [6.07, 6.45) is 11.4. The average molecular weight is 922 g/mol. The van der Waals surface area contributed by atoms with Crippen molar-refractivity contribution < 1.29 is 57.8 Å². The van der Waals surface area contributed by atoms with Crippen molar-refractivity contribution in [3.8, 4) is 5.75 Å². The molecule has 1 aromatic rings. The van der Waals surface area contributed by atoms with E-state index < -0.39 is 71.5 Å². The number of fused-ring (bicyclic) bond motifs is 3. The molecule has 1 saturated carbocycles. The van der Waals surface area contributed by atoms with E-state index in [2.05, 4.69) is 19.1 Å². The van der Waals surface area contributed by atoms with Crippen LogP contribution in [0, 0.1) is 29.6 Å². The molecular weight excluding hydrogens is 843 g/mol. The van der Waals surface area contributed by atoms with Gasteiger partial charge in [0.25, 0.3) is 11.7 Å². The topological polar surface area (TPSA) is 167 Å². The molecule has 368 valence electrons. The Balaban J connectivity index is 1.44. The van der Waals surface area contributed by atoms with Crippen molar-refractivity contribution in [2.45, 2.75) is 173 Å². The molecule has 13 heteroatoms. The minimum atomic E-state index is -2.48. The lowest BCUT2D eigenvalue weighted by molar-refractivity contribution is -0.302. The van der Waals surface area contributed by atoms with E-state index in [0.29, 0.717) is 64.2 Å². The van der Waals surface area contributed by atoms with Crippen LogP contribution in [-0.4, -0.2) is 121 Å². The SMILES string of the molecule is CCC1/C=C(\C)CC(C)CC(OC)C2OC(O)(C(=O)C(=O)N3CCCCC3C(=O)OC(C(C)=CC3CCC(O)(CC=Cc4ccc(OC)cc4)C(OC)C3)C(C)CCC1=O)C(C)CC2OC. The van der Waals surface area contributed by atoms with Gasteiger partial charge in [-0.05, 0) is 132 Å². The van der Waals surface area contributed by atoms with Gasteiger partial charge in [0.1, 0.15) is 29.8 Å². The Kier molecular flexibility index (Phi) is 19.4. The molecule has 1 aromatic carbocycles. The van der Waals surface area contributed by atoms with Gasteiger partial charge in [-0.3, -0.25) is 14.4 Å². The van der Waals surface area contributed by atoms with Gasteiger partial charge < -0.3 is 43.5 Å². The van der Waals surface area contributed by atoms with Gasteiger partial charge in [0.2, 0.25) is 5.79 Å². The summed E-state index contributed by atoms with van der Waals surface area (Å²) in [6, 6.07) is 6.64. The van der Waals surface area contributed by atoms with E-state index in [9.17, 15) is 29.4 Å². The molecule has 1 aliphatic carbocycles. The number of Topliss-reactive ketones (excluding diaryl/α,β-unsaturated/α-hetero) is 2. The van der Waals surface area contributed by atoms with Crippen LogP contribution in [0.25, 0.3) is 6.08 Å². The zero-order chi connectivity index (χ0) is 48.3. The number of methoxy groups -OCH3 is 4. The molecule has 3 heterocycles. The van der Waals surface area contributed by atoms with E-state index in [1.54, 1.807) is 35.4 Å². The average Bonchev–Trinajstić information content (AvgIpc) is 3.31. The first kappa shape index (κ1) is 53.2. The lowest BCUT2D eigenvalue weighted by Crippen LogP contribution is -2.64. The number of aliphatic hydroxyl groups is 2. The van der Waals surface area contributed by atoms with Gasteiger partial charge in [-0.2, -0.15) is 0 Å². The molecule has 3 aliphatic heterocycles. The van der Waals surface area contributed by atoms with Crippen molar-refractivity contribution in [3.63, 3.8) is 0 Å². The number of nitrogens with zero attached hydrogens (tertiary/aromatic N) is 1. The van der Waals surface area contributed by atoms with Gasteiger partial charge in [0.05, 0.1) is 31.0 Å². The summed E-state index contributed by atoms with van der Waals surface area (Å²) in [6.45, 7) is 11.8. The van der Waals surface area contributed by atoms with Crippen LogP contribution in [0.2, 0.25) is 0 Å². The molecule has 0 aromatic heterocycles. The van der Waals surface area contributed by atoms with Crippen LogP contribution in [0.4, 0.5) is 0 Å². The van der Waals surface area contributed by atoms with Crippen molar-refractivity contribution >= 4 is 29.5 Å². The first-order chi connectivity index (χ1) is 31.4. The number of carbonyl (C=O) groups is 4. The van der Waals surface area contributed by atoms with Crippen LogP contribution < -0.4 is 4.74 Å². The Bertz CT molecular complexity index is 1890. The second-order valence-corrected chi connectivity index (χ2v) is 19.9. The van der Waals surface area contributed by atoms with Gasteiger partial charge in [0.15, 0.2) is 0 Å². The first-order valence-corrected chi connectivity index (χ1v) is 24.4. The summed E-state index contributed by atoms with van der Waals surface area (Å²) in [5, 5.41) is 24.0. The third-order valence-corrected chi connectivity index (χ3v) is 14.9. The molecule has 66 heavy (non-hydrogen) atoms. The lowest BCUT2D eigenvalue weighted by Gasteiger charge is -2.47. The summed E-state index contributed by atoms with van der Waals surface area (Å²) < 4.78 is 35.8. The summed E-state index contributed by atoms with van der Waals surface area (Å²) >= 11 is 0. The number of esters is 1. The maximum atomic E-state index is 14.5. The highest BCUT2D eigenvalue weighted by molar-refractivity contribution is 6.39. The molecule has 2 N–H and O–H groups in total. The van der Waals surface area contributed by atoms with Crippen LogP contribution in [0.5, 0.6) is 5.75 Å². The third-order valence-electron chi connectivity index (χ3n) is 14.9.